The van der Waals surface area contributed by atoms with Crippen molar-refractivity contribution in [1.29, 1.82) is 0 Å². The molecule has 1 aromatic carbocycles. The summed E-state index contributed by atoms with van der Waals surface area (Å²) in [5.41, 5.74) is 7.40. The number of benzene rings is 1. The number of rotatable bonds is 1. The Morgan fingerprint density at radius 3 is 2.47 bits per heavy atom. The molecule has 1 fully saturated rings. The molecule has 0 radical (unpaired) electrons. The molecular weight excluding hydrogens is 206 g/mol. The van der Waals surface area contributed by atoms with E-state index in [4.69, 9.17) is 17.3 Å². The Hall–Kier alpha value is -0.530. The van der Waals surface area contributed by atoms with Gasteiger partial charge in [0, 0.05) is 11.1 Å². The molecule has 2 heteroatoms. The van der Waals surface area contributed by atoms with Crippen LogP contribution in [0, 0.1) is 0 Å². The van der Waals surface area contributed by atoms with Gasteiger partial charge in [0.1, 0.15) is 0 Å². The van der Waals surface area contributed by atoms with E-state index in [2.05, 4.69) is 12.1 Å². The van der Waals surface area contributed by atoms with Crippen molar-refractivity contribution in [3.8, 4) is 0 Å². The van der Waals surface area contributed by atoms with Crippen molar-refractivity contribution in [2.75, 3.05) is 0 Å². The second-order valence-corrected chi connectivity index (χ2v) is 4.95. The average molecular weight is 224 g/mol. The highest BCUT2D eigenvalue weighted by Crippen LogP contribution is 2.31. The minimum Gasteiger partial charge on any atom is -0.328 e. The van der Waals surface area contributed by atoms with Gasteiger partial charge in [-0.1, -0.05) is 30.2 Å². The first-order chi connectivity index (χ1) is 7.25. The molecule has 2 N–H and O–H groups in total. The van der Waals surface area contributed by atoms with Crippen LogP contribution in [0.4, 0.5) is 0 Å². The van der Waals surface area contributed by atoms with E-state index in [1.54, 1.807) is 0 Å². The van der Waals surface area contributed by atoms with E-state index in [1.165, 1.54) is 31.2 Å². The number of halogens is 1. The SMILES string of the molecule is NC1CCCC(c2ccc(Cl)cc2)CC1. The summed E-state index contributed by atoms with van der Waals surface area (Å²) in [7, 11) is 0. The normalized spacial score (nSPS) is 27.3. The summed E-state index contributed by atoms with van der Waals surface area (Å²) in [6.07, 6.45) is 6.10. The van der Waals surface area contributed by atoms with Crippen LogP contribution in [0.2, 0.25) is 5.02 Å². The molecule has 1 aliphatic rings. The molecule has 0 saturated heterocycles. The largest absolute Gasteiger partial charge is 0.328 e. The van der Waals surface area contributed by atoms with Crippen molar-refractivity contribution in [2.24, 2.45) is 5.73 Å². The highest BCUT2D eigenvalue weighted by Gasteiger charge is 2.17. The molecule has 2 atom stereocenters. The van der Waals surface area contributed by atoms with Crippen molar-refractivity contribution >= 4 is 11.6 Å². The molecule has 0 aromatic heterocycles. The molecule has 1 aliphatic carbocycles. The zero-order valence-electron chi connectivity index (χ0n) is 8.95. The summed E-state index contributed by atoms with van der Waals surface area (Å²) in [5, 5.41) is 0.823. The van der Waals surface area contributed by atoms with E-state index in [1.807, 2.05) is 12.1 Å². The standard InChI is InChI=1S/C13H18ClN/c14-12-7-4-11(5-8-12)10-2-1-3-13(15)9-6-10/h4-5,7-8,10,13H,1-3,6,9,15H2. The van der Waals surface area contributed by atoms with Crippen LogP contribution >= 0.6 is 11.6 Å². The van der Waals surface area contributed by atoms with Gasteiger partial charge >= 0.3 is 0 Å². The third-order valence-electron chi connectivity index (χ3n) is 3.35. The predicted octanol–water partition coefficient (Wildman–Crippen LogP) is 3.72. The monoisotopic (exact) mass is 223 g/mol. The van der Waals surface area contributed by atoms with Gasteiger partial charge in [0.2, 0.25) is 0 Å². The molecule has 0 bridgehead atoms. The highest BCUT2D eigenvalue weighted by molar-refractivity contribution is 6.30. The molecule has 0 heterocycles. The fourth-order valence-electron chi connectivity index (χ4n) is 2.40. The summed E-state index contributed by atoms with van der Waals surface area (Å²) < 4.78 is 0. The number of nitrogens with two attached hydrogens (primary N) is 1. The van der Waals surface area contributed by atoms with E-state index in [0.717, 1.165) is 11.4 Å². The van der Waals surface area contributed by atoms with Gasteiger partial charge in [-0.15, -0.1) is 0 Å². The van der Waals surface area contributed by atoms with E-state index >= 15 is 0 Å². The smallest absolute Gasteiger partial charge is 0.0406 e. The Balaban J connectivity index is 2.06. The van der Waals surface area contributed by atoms with Crippen LogP contribution in [0.15, 0.2) is 24.3 Å². The molecule has 0 amide bonds. The minimum atomic E-state index is 0.419. The molecule has 1 aromatic rings. The Morgan fingerprint density at radius 2 is 1.73 bits per heavy atom. The van der Waals surface area contributed by atoms with Gasteiger partial charge in [0.25, 0.3) is 0 Å². The number of hydrogen-bond donors (Lipinski definition) is 1. The lowest BCUT2D eigenvalue weighted by atomic mass is 9.92. The predicted molar refractivity (Wildman–Crippen MR) is 65.3 cm³/mol. The molecule has 2 rings (SSSR count). The summed E-state index contributed by atoms with van der Waals surface area (Å²) in [4.78, 5) is 0. The molecular formula is C13H18ClN. The van der Waals surface area contributed by atoms with Gasteiger partial charge in [-0.05, 0) is 49.3 Å². The van der Waals surface area contributed by atoms with Gasteiger partial charge in [-0.25, -0.2) is 0 Å². The summed E-state index contributed by atoms with van der Waals surface area (Å²) in [6.45, 7) is 0. The lowest BCUT2D eigenvalue weighted by Crippen LogP contribution is -2.17. The molecule has 1 nitrogen and oxygen atoms in total. The van der Waals surface area contributed by atoms with Crippen molar-refractivity contribution < 1.29 is 0 Å². The first kappa shape index (κ1) is 11.0. The van der Waals surface area contributed by atoms with Crippen LogP contribution in [-0.2, 0) is 0 Å². The maximum atomic E-state index is 5.98. The van der Waals surface area contributed by atoms with Crippen molar-refractivity contribution in [3.63, 3.8) is 0 Å². The fourth-order valence-corrected chi connectivity index (χ4v) is 2.52. The second-order valence-electron chi connectivity index (χ2n) is 4.52. The topological polar surface area (TPSA) is 26.0 Å². The minimum absolute atomic E-state index is 0.419. The highest BCUT2D eigenvalue weighted by atomic mass is 35.5. The van der Waals surface area contributed by atoms with Gasteiger partial charge in [-0.2, -0.15) is 0 Å². The van der Waals surface area contributed by atoms with E-state index in [9.17, 15) is 0 Å². The molecule has 82 valence electrons. The molecule has 0 aliphatic heterocycles. The average Bonchev–Trinajstić information content (AvgIpc) is 2.44. The molecule has 1 saturated carbocycles. The summed E-state index contributed by atoms with van der Waals surface area (Å²) in [5.74, 6) is 0.691. The van der Waals surface area contributed by atoms with E-state index in [0.29, 0.717) is 12.0 Å². The van der Waals surface area contributed by atoms with Gasteiger partial charge in [-0.3, -0.25) is 0 Å². The molecule has 0 spiro atoms. The third kappa shape index (κ3) is 2.96. The molecule has 15 heavy (non-hydrogen) atoms. The van der Waals surface area contributed by atoms with Gasteiger partial charge in [0.15, 0.2) is 0 Å². The van der Waals surface area contributed by atoms with Gasteiger partial charge < -0.3 is 5.73 Å². The van der Waals surface area contributed by atoms with Gasteiger partial charge in [0.05, 0.1) is 0 Å². The zero-order valence-corrected chi connectivity index (χ0v) is 9.71. The van der Waals surface area contributed by atoms with Crippen molar-refractivity contribution in [1.82, 2.24) is 0 Å². The van der Waals surface area contributed by atoms with Crippen LogP contribution in [0.25, 0.3) is 0 Å². The van der Waals surface area contributed by atoms with E-state index < -0.39 is 0 Å². The van der Waals surface area contributed by atoms with Crippen LogP contribution in [0.3, 0.4) is 0 Å². The Bertz CT molecular complexity index is 307. The second kappa shape index (κ2) is 5.00. The third-order valence-corrected chi connectivity index (χ3v) is 3.61. The maximum Gasteiger partial charge on any atom is 0.0406 e. The lowest BCUT2D eigenvalue weighted by molar-refractivity contribution is 0.568. The zero-order chi connectivity index (χ0) is 10.7. The van der Waals surface area contributed by atoms with Crippen LogP contribution in [0.1, 0.15) is 43.6 Å². The number of hydrogen-bond acceptors (Lipinski definition) is 1. The fraction of sp³-hybridized carbons (Fsp3) is 0.538. The van der Waals surface area contributed by atoms with E-state index in [-0.39, 0.29) is 0 Å². The Morgan fingerprint density at radius 1 is 1.00 bits per heavy atom. The quantitative estimate of drug-likeness (QED) is 0.722. The van der Waals surface area contributed by atoms with Crippen molar-refractivity contribution in [2.45, 2.75) is 44.1 Å². The van der Waals surface area contributed by atoms with Crippen LogP contribution < -0.4 is 5.73 Å². The first-order valence-electron chi connectivity index (χ1n) is 5.77. The Labute approximate surface area is 96.6 Å². The maximum absolute atomic E-state index is 5.98. The summed E-state index contributed by atoms with van der Waals surface area (Å²) in [6, 6.07) is 8.71. The Kier molecular flexibility index (Phi) is 3.66. The molecule has 2 unspecified atom stereocenters. The summed E-state index contributed by atoms with van der Waals surface area (Å²) >= 11 is 5.89. The van der Waals surface area contributed by atoms with Crippen molar-refractivity contribution in [3.05, 3.63) is 34.9 Å². The first-order valence-corrected chi connectivity index (χ1v) is 6.14. The van der Waals surface area contributed by atoms with Crippen LogP contribution in [0.5, 0.6) is 0 Å². The van der Waals surface area contributed by atoms with Crippen LogP contribution in [-0.4, -0.2) is 6.04 Å². The lowest BCUT2D eigenvalue weighted by Gasteiger charge is -2.14.